The Balaban J connectivity index is 1.46. The average Bonchev–Trinajstić information content (AvgIpc) is 3.39. The van der Waals surface area contributed by atoms with Gasteiger partial charge in [-0.25, -0.2) is 0 Å². The molecule has 1 aliphatic heterocycles. The van der Waals surface area contributed by atoms with Gasteiger partial charge in [-0.2, -0.15) is 0 Å². The lowest BCUT2D eigenvalue weighted by molar-refractivity contribution is -0.126. The second-order valence-corrected chi connectivity index (χ2v) is 7.24. The van der Waals surface area contributed by atoms with E-state index in [1.807, 2.05) is 25.1 Å². The van der Waals surface area contributed by atoms with Crippen LogP contribution in [0, 0.1) is 0 Å². The zero-order valence-corrected chi connectivity index (χ0v) is 14.9. The lowest BCUT2D eigenvalue weighted by Gasteiger charge is -2.38. The number of aliphatic hydroxyl groups excluding tert-OH is 1. The van der Waals surface area contributed by atoms with Crippen molar-refractivity contribution in [3.05, 3.63) is 34.9 Å². The Morgan fingerprint density at radius 3 is 2.58 bits per heavy atom. The van der Waals surface area contributed by atoms with Crippen LogP contribution in [0.3, 0.4) is 0 Å². The van der Waals surface area contributed by atoms with Crippen molar-refractivity contribution in [1.82, 2.24) is 15.1 Å². The molecule has 1 aliphatic carbocycles. The Morgan fingerprint density at radius 2 is 1.96 bits per heavy atom. The Morgan fingerprint density at radius 1 is 1.29 bits per heavy atom. The van der Waals surface area contributed by atoms with Crippen LogP contribution in [0.2, 0.25) is 5.02 Å². The van der Waals surface area contributed by atoms with E-state index >= 15 is 0 Å². The van der Waals surface area contributed by atoms with Crippen molar-refractivity contribution in [1.29, 1.82) is 0 Å². The Bertz CT molecular complexity index is 571. The van der Waals surface area contributed by atoms with Crippen molar-refractivity contribution in [3.8, 4) is 0 Å². The molecule has 24 heavy (non-hydrogen) atoms. The molecule has 6 heteroatoms. The molecule has 1 saturated carbocycles. The minimum absolute atomic E-state index is 0.0822. The van der Waals surface area contributed by atoms with Crippen molar-refractivity contribution in [2.75, 3.05) is 32.7 Å². The van der Waals surface area contributed by atoms with E-state index in [1.165, 1.54) is 0 Å². The summed E-state index contributed by atoms with van der Waals surface area (Å²) in [5.41, 5.74) is 0.777. The van der Waals surface area contributed by atoms with Gasteiger partial charge in [0.2, 0.25) is 5.91 Å². The van der Waals surface area contributed by atoms with Gasteiger partial charge >= 0.3 is 0 Å². The van der Waals surface area contributed by atoms with Gasteiger partial charge in [0.05, 0.1) is 12.1 Å². The summed E-state index contributed by atoms with van der Waals surface area (Å²) < 4.78 is 0. The second kappa shape index (κ2) is 7.83. The van der Waals surface area contributed by atoms with Gasteiger partial charge in [-0.05, 0) is 25.8 Å². The average molecular weight is 352 g/mol. The molecule has 5 nitrogen and oxygen atoms in total. The molecule has 2 N–H and O–H groups in total. The predicted octanol–water partition coefficient (Wildman–Crippen LogP) is 1.66. The molecule has 2 fully saturated rings. The van der Waals surface area contributed by atoms with E-state index in [0.717, 1.165) is 44.6 Å². The number of carbonyl (C=O) groups excluding carboxylic acids is 1. The van der Waals surface area contributed by atoms with Gasteiger partial charge in [0, 0.05) is 49.4 Å². The zero-order valence-electron chi connectivity index (χ0n) is 14.1. The SMILES string of the molecule is C[C@H](C(=O)NC1CC1)N1CCN(C[C@@H](O)c2ccccc2Cl)CC1. The zero-order chi connectivity index (χ0) is 17.1. The fourth-order valence-electron chi connectivity index (χ4n) is 3.14. The van der Waals surface area contributed by atoms with Crippen LogP contribution in [0.4, 0.5) is 0 Å². The maximum Gasteiger partial charge on any atom is 0.237 e. The molecule has 2 atom stereocenters. The molecule has 0 aromatic heterocycles. The summed E-state index contributed by atoms with van der Waals surface area (Å²) in [4.78, 5) is 16.6. The molecule has 3 rings (SSSR count). The minimum Gasteiger partial charge on any atom is -0.387 e. The predicted molar refractivity (Wildman–Crippen MR) is 95.1 cm³/mol. The molecule has 1 amide bonds. The first kappa shape index (κ1) is 17.7. The van der Waals surface area contributed by atoms with Crippen molar-refractivity contribution >= 4 is 17.5 Å². The molecular formula is C18H26ClN3O2. The number of amides is 1. The van der Waals surface area contributed by atoms with Crippen molar-refractivity contribution in [3.63, 3.8) is 0 Å². The lowest BCUT2D eigenvalue weighted by Crippen LogP contribution is -2.54. The van der Waals surface area contributed by atoms with Crippen LogP contribution in [0.15, 0.2) is 24.3 Å². The van der Waals surface area contributed by atoms with Gasteiger partial charge < -0.3 is 10.4 Å². The van der Waals surface area contributed by atoms with Crippen molar-refractivity contribution in [2.24, 2.45) is 0 Å². The summed E-state index contributed by atoms with van der Waals surface area (Å²) in [6.45, 7) is 5.93. The van der Waals surface area contributed by atoms with Crippen LogP contribution >= 0.6 is 11.6 Å². The van der Waals surface area contributed by atoms with Crippen LogP contribution in [-0.2, 0) is 4.79 Å². The van der Waals surface area contributed by atoms with Gasteiger partial charge in [0.25, 0.3) is 0 Å². The number of benzene rings is 1. The van der Waals surface area contributed by atoms with Crippen LogP contribution in [0.25, 0.3) is 0 Å². The number of aliphatic hydroxyl groups is 1. The van der Waals surface area contributed by atoms with E-state index in [-0.39, 0.29) is 11.9 Å². The summed E-state index contributed by atoms with van der Waals surface area (Å²) in [7, 11) is 0. The molecule has 0 bridgehead atoms. The lowest BCUT2D eigenvalue weighted by atomic mass is 10.1. The number of nitrogens with one attached hydrogen (secondary N) is 1. The summed E-state index contributed by atoms with van der Waals surface area (Å²) in [6, 6.07) is 7.76. The molecule has 1 aromatic carbocycles. The summed E-state index contributed by atoms with van der Waals surface area (Å²) in [5.74, 6) is 0.141. The number of piperazine rings is 1. The third kappa shape index (κ3) is 4.48. The third-order valence-corrected chi connectivity index (χ3v) is 5.30. The second-order valence-electron chi connectivity index (χ2n) is 6.83. The molecule has 132 valence electrons. The fraction of sp³-hybridized carbons (Fsp3) is 0.611. The highest BCUT2D eigenvalue weighted by Crippen LogP contribution is 2.24. The minimum atomic E-state index is -0.583. The van der Waals surface area contributed by atoms with Gasteiger partial charge in [0.1, 0.15) is 0 Å². The first-order chi connectivity index (χ1) is 11.5. The molecule has 1 aromatic rings. The first-order valence-corrected chi connectivity index (χ1v) is 9.11. The van der Waals surface area contributed by atoms with Crippen LogP contribution in [0.5, 0.6) is 0 Å². The highest BCUT2D eigenvalue weighted by molar-refractivity contribution is 6.31. The largest absolute Gasteiger partial charge is 0.387 e. The normalized spacial score (nSPS) is 22.1. The van der Waals surface area contributed by atoms with E-state index in [4.69, 9.17) is 11.6 Å². The summed E-state index contributed by atoms with van der Waals surface area (Å²) in [5, 5.41) is 14.1. The van der Waals surface area contributed by atoms with Gasteiger partial charge in [-0.1, -0.05) is 29.8 Å². The summed E-state index contributed by atoms with van der Waals surface area (Å²) >= 11 is 6.15. The topological polar surface area (TPSA) is 55.8 Å². The van der Waals surface area contributed by atoms with Gasteiger partial charge in [0.15, 0.2) is 0 Å². The molecule has 1 saturated heterocycles. The Kier molecular flexibility index (Phi) is 5.76. The van der Waals surface area contributed by atoms with Crippen molar-refractivity contribution in [2.45, 2.75) is 38.0 Å². The maximum absolute atomic E-state index is 12.2. The van der Waals surface area contributed by atoms with E-state index in [2.05, 4.69) is 15.1 Å². The molecule has 2 aliphatic rings. The van der Waals surface area contributed by atoms with Crippen LogP contribution in [0.1, 0.15) is 31.4 Å². The van der Waals surface area contributed by atoms with Crippen LogP contribution < -0.4 is 5.32 Å². The molecule has 0 spiro atoms. The fourth-order valence-corrected chi connectivity index (χ4v) is 3.40. The van der Waals surface area contributed by atoms with E-state index in [9.17, 15) is 9.90 Å². The van der Waals surface area contributed by atoms with Gasteiger partial charge in [-0.15, -0.1) is 0 Å². The number of nitrogens with zero attached hydrogens (tertiary/aromatic N) is 2. The monoisotopic (exact) mass is 351 g/mol. The van der Waals surface area contributed by atoms with E-state index in [0.29, 0.717) is 17.6 Å². The number of halogens is 1. The van der Waals surface area contributed by atoms with E-state index in [1.54, 1.807) is 6.07 Å². The Labute approximate surface area is 148 Å². The number of β-amino-alcohol motifs (C(OH)–C–C–N with tert-alkyl or cyclic N) is 1. The highest BCUT2D eigenvalue weighted by atomic mass is 35.5. The number of carbonyl (C=O) groups is 1. The maximum atomic E-state index is 12.2. The standard InChI is InChI=1S/C18H26ClN3O2/c1-13(18(24)20-14-6-7-14)22-10-8-21(9-11-22)12-17(23)15-4-2-3-5-16(15)19/h2-5,13-14,17,23H,6-12H2,1H3,(H,20,24)/t13-,17-/m1/s1. The number of hydrogen-bond donors (Lipinski definition) is 2. The smallest absolute Gasteiger partial charge is 0.237 e. The van der Waals surface area contributed by atoms with Crippen molar-refractivity contribution < 1.29 is 9.90 Å². The number of rotatable bonds is 6. The molecule has 0 radical (unpaired) electrons. The number of hydrogen-bond acceptors (Lipinski definition) is 4. The van der Waals surface area contributed by atoms with Gasteiger partial charge in [-0.3, -0.25) is 14.6 Å². The van der Waals surface area contributed by atoms with E-state index < -0.39 is 6.10 Å². The summed E-state index contributed by atoms with van der Waals surface area (Å²) in [6.07, 6.45) is 1.65. The highest BCUT2D eigenvalue weighted by Gasteiger charge is 2.30. The third-order valence-electron chi connectivity index (χ3n) is 4.95. The Hall–Kier alpha value is -1.14. The molecular weight excluding hydrogens is 326 g/mol. The van der Waals surface area contributed by atoms with Crippen LogP contribution in [-0.4, -0.2) is 65.6 Å². The molecule has 1 heterocycles. The molecule has 0 unspecified atom stereocenters. The quantitative estimate of drug-likeness (QED) is 0.818. The first-order valence-electron chi connectivity index (χ1n) is 8.74.